The summed E-state index contributed by atoms with van der Waals surface area (Å²) < 4.78 is 1.85. The lowest BCUT2D eigenvalue weighted by molar-refractivity contribution is 0.0772. The molecular formula is C21H20ClN5OS2. The van der Waals surface area contributed by atoms with E-state index in [9.17, 15) is 4.79 Å². The number of amides is 1. The van der Waals surface area contributed by atoms with Gasteiger partial charge in [0.2, 0.25) is 0 Å². The topological polar surface area (TPSA) is 54.3 Å². The molecule has 1 aromatic carbocycles. The molecule has 6 nitrogen and oxygen atoms in total. The number of hydrogen-bond donors (Lipinski definition) is 0. The average molecular weight is 458 g/mol. The number of halogens is 1. The molecule has 1 aliphatic heterocycles. The fourth-order valence-electron chi connectivity index (χ4n) is 3.78. The third-order valence-electron chi connectivity index (χ3n) is 5.31. The number of nitrogens with zero attached hydrogens (tertiary/aromatic N) is 5. The minimum atomic E-state index is 0.0855. The van der Waals surface area contributed by atoms with Crippen molar-refractivity contribution in [3.63, 3.8) is 0 Å². The minimum absolute atomic E-state index is 0.0855. The Morgan fingerprint density at radius 1 is 1.17 bits per heavy atom. The lowest BCUT2D eigenvalue weighted by atomic mass is 10.3. The van der Waals surface area contributed by atoms with Gasteiger partial charge in [0, 0.05) is 43.1 Å². The predicted molar refractivity (Wildman–Crippen MR) is 124 cm³/mol. The Morgan fingerprint density at radius 2 is 2.03 bits per heavy atom. The summed E-state index contributed by atoms with van der Waals surface area (Å²) in [5, 5.41) is 9.31. The third kappa shape index (κ3) is 3.49. The lowest BCUT2D eigenvalue weighted by Crippen LogP contribution is -2.34. The number of thiazole rings is 1. The second-order valence-corrected chi connectivity index (χ2v) is 9.54. The normalized spacial score (nSPS) is 15.0. The number of thiophene rings is 1. The molecule has 30 heavy (non-hydrogen) atoms. The Kier molecular flexibility index (Phi) is 5.22. The quantitative estimate of drug-likeness (QED) is 0.441. The van der Waals surface area contributed by atoms with Crippen LogP contribution in [-0.4, -0.2) is 51.8 Å². The van der Waals surface area contributed by atoms with Crippen LogP contribution < -0.4 is 4.90 Å². The van der Waals surface area contributed by atoms with Gasteiger partial charge < -0.3 is 9.80 Å². The van der Waals surface area contributed by atoms with Crippen molar-refractivity contribution in [1.29, 1.82) is 0 Å². The van der Waals surface area contributed by atoms with Crippen LogP contribution in [-0.2, 0) is 0 Å². The molecule has 0 spiro atoms. The fourth-order valence-corrected chi connectivity index (χ4v) is 5.84. The number of carbonyl (C=O) groups is 1. The summed E-state index contributed by atoms with van der Waals surface area (Å²) in [6.07, 6.45) is 2.76. The van der Waals surface area contributed by atoms with E-state index in [0.717, 1.165) is 57.7 Å². The Bertz CT molecular complexity index is 1200. The van der Waals surface area contributed by atoms with Crippen molar-refractivity contribution in [1.82, 2.24) is 19.7 Å². The molecule has 3 aromatic heterocycles. The van der Waals surface area contributed by atoms with Crippen molar-refractivity contribution in [3.8, 4) is 5.69 Å². The van der Waals surface area contributed by atoms with E-state index in [-0.39, 0.29) is 5.91 Å². The molecule has 5 rings (SSSR count). The standard InChI is InChI=1S/C21H20ClN5OS2/c1-14-15-13-18(30-20(15)27(24-14)17-6-3-2-5-16(17)22)19(28)25-8-4-9-26(11-10-25)21-23-7-12-29-21/h2-3,5-7,12-13H,4,8-11H2,1H3. The Morgan fingerprint density at radius 3 is 2.83 bits per heavy atom. The first-order chi connectivity index (χ1) is 14.6. The molecule has 9 heteroatoms. The van der Waals surface area contributed by atoms with Crippen molar-refractivity contribution in [3.05, 3.63) is 57.5 Å². The maximum absolute atomic E-state index is 13.3. The molecule has 154 valence electrons. The van der Waals surface area contributed by atoms with Gasteiger partial charge in [-0.3, -0.25) is 4.79 Å². The second-order valence-electron chi connectivity index (χ2n) is 7.23. The first-order valence-electron chi connectivity index (χ1n) is 9.79. The van der Waals surface area contributed by atoms with Crippen LogP contribution in [0.4, 0.5) is 5.13 Å². The maximum atomic E-state index is 13.3. The first-order valence-corrected chi connectivity index (χ1v) is 11.9. The Balaban J connectivity index is 1.42. The Hall–Kier alpha value is -2.42. The molecule has 0 bridgehead atoms. The van der Waals surface area contributed by atoms with Crippen LogP contribution in [0.15, 0.2) is 41.9 Å². The highest BCUT2D eigenvalue weighted by molar-refractivity contribution is 7.20. The van der Waals surface area contributed by atoms with Crippen LogP contribution in [0.2, 0.25) is 5.02 Å². The number of para-hydroxylation sites is 1. The van der Waals surface area contributed by atoms with E-state index < -0.39 is 0 Å². The van der Waals surface area contributed by atoms with Crippen molar-refractivity contribution < 1.29 is 4.79 Å². The highest BCUT2D eigenvalue weighted by Gasteiger charge is 2.24. The molecule has 0 atom stereocenters. The fraction of sp³-hybridized carbons (Fsp3) is 0.286. The molecule has 4 heterocycles. The first kappa shape index (κ1) is 19.5. The predicted octanol–water partition coefficient (Wildman–Crippen LogP) is 4.86. The zero-order valence-corrected chi connectivity index (χ0v) is 18.8. The molecule has 0 radical (unpaired) electrons. The number of aromatic nitrogens is 3. The number of anilines is 1. The summed E-state index contributed by atoms with van der Waals surface area (Å²) >= 11 is 9.52. The summed E-state index contributed by atoms with van der Waals surface area (Å²) in [5.41, 5.74) is 1.72. The van der Waals surface area contributed by atoms with Crippen molar-refractivity contribution in [2.45, 2.75) is 13.3 Å². The summed E-state index contributed by atoms with van der Waals surface area (Å²) in [6.45, 7) is 5.14. The van der Waals surface area contributed by atoms with Crippen LogP contribution in [0.25, 0.3) is 15.9 Å². The number of rotatable bonds is 3. The van der Waals surface area contributed by atoms with Gasteiger partial charge in [0.15, 0.2) is 5.13 Å². The van der Waals surface area contributed by atoms with Crippen LogP contribution >= 0.6 is 34.3 Å². The van der Waals surface area contributed by atoms with E-state index in [1.165, 1.54) is 11.3 Å². The van der Waals surface area contributed by atoms with E-state index in [0.29, 0.717) is 11.6 Å². The van der Waals surface area contributed by atoms with Gasteiger partial charge in [-0.05, 0) is 31.5 Å². The van der Waals surface area contributed by atoms with Gasteiger partial charge in [0.25, 0.3) is 5.91 Å². The molecule has 1 fully saturated rings. The van der Waals surface area contributed by atoms with Crippen LogP contribution in [0.1, 0.15) is 21.8 Å². The van der Waals surface area contributed by atoms with E-state index in [1.54, 1.807) is 11.3 Å². The highest BCUT2D eigenvalue weighted by Crippen LogP contribution is 2.33. The van der Waals surface area contributed by atoms with Gasteiger partial charge in [0.1, 0.15) is 4.83 Å². The number of aryl methyl sites for hydroxylation is 1. The van der Waals surface area contributed by atoms with Gasteiger partial charge >= 0.3 is 0 Å². The van der Waals surface area contributed by atoms with Crippen LogP contribution in [0, 0.1) is 6.92 Å². The molecule has 1 amide bonds. The largest absolute Gasteiger partial charge is 0.346 e. The number of carbonyl (C=O) groups excluding carboxylic acids is 1. The van der Waals surface area contributed by atoms with Crippen molar-refractivity contribution >= 4 is 55.5 Å². The van der Waals surface area contributed by atoms with Crippen LogP contribution in [0.3, 0.4) is 0 Å². The highest BCUT2D eigenvalue weighted by atomic mass is 35.5. The van der Waals surface area contributed by atoms with E-state index in [4.69, 9.17) is 11.6 Å². The zero-order valence-electron chi connectivity index (χ0n) is 16.4. The SMILES string of the molecule is Cc1nn(-c2ccccc2Cl)c2sc(C(=O)N3CCCN(c4nccs4)CC3)cc12. The maximum Gasteiger partial charge on any atom is 0.264 e. The summed E-state index contributed by atoms with van der Waals surface area (Å²) in [7, 11) is 0. The van der Waals surface area contributed by atoms with E-state index in [1.807, 2.05) is 58.4 Å². The monoisotopic (exact) mass is 457 g/mol. The molecular weight excluding hydrogens is 438 g/mol. The molecule has 1 aliphatic rings. The second kappa shape index (κ2) is 8.02. The zero-order chi connectivity index (χ0) is 20.7. The third-order valence-corrected chi connectivity index (χ3v) is 7.56. The molecule has 0 N–H and O–H groups in total. The van der Waals surface area contributed by atoms with Gasteiger partial charge in [0.05, 0.1) is 21.3 Å². The van der Waals surface area contributed by atoms with Crippen molar-refractivity contribution in [2.24, 2.45) is 0 Å². The van der Waals surface area contributed by atoms with E-state index in [2.05, 4.69) is 15.0 Å². The lowest BCUT2D eigenvalue weighted by Gasteiger charge is -2.21. The Labute approximate surface area is 187 Å². The molecule has 0 aliphatic carbocycles. The van der Waals surface area contributed by atoms with Crippen LogP contribution in [0.5, 0.6) is 0 Å². The summed E-state index contributed by atoms with van der Waals surface area (Å²) in [6, 6.07) is 9.61. The number of hydrogen-bond acceptors (Lipinski definition) is 6. The molecule has 0 unspecified atom stereocenters. The minimum Gasteiger partial charge on any atom is -0.346 e. The number of fused-ring (bicyclic) bond motifs is 1. The molecule has 1 saturated heterocycles. The van der Waals surface area contributed by atoms with Gasteiger partial charge in [-0.15, -0.1) is 22.7 Å². The average Bonchev–Trinajstić information content (AvgIpc) is 3.44. The van der Waals surface area contributed by atoms with Gasteiger partial charge in [-0.25, -0.2) is 9.67 Å². The van der Waals surface area contributed by atoms with Crippen molar-refractivity contribution in [2.75, 3.05) is 31.1 Å². The summed E-state index contributed by atoms with van der Waals surface area (Å²) in [4.78, 5) is 23.6. The van der Waals surface area contributed by atoms with Gasteiger partial charge in [-0.2, -0.15) is 5.10 Å². The summed E-state index contributed by atoms with van der Waals surface area (Å²) in [5.74, 6) is 0.0855. The molecule has 4 aromatic rings. The van der Waals surface area contributed by atoms with E-state index >= 15 is 0 Å². The van der Waals surface area contributed by atoms with Gasteiger partial charge in [-0.1, -0.05) is 23.7 Å². The smallest absolute Gasteiger partial charge is 0.264 e. The number of benzene rings is 1. The molecule has 0 saturated carbocycles.